The molecule has 1 aromatic carbocycles. The molecule has 1 atom stereocenters. The van der Waals surface area contributed by atoms with Crippen LogP contribution in [0.4, 0.5) is 4.39 Å². The van der Waals surface area contributed by atoms with Gasteiger partial charge in [-0.1, -0.05) is 22.0 Å². The van der Waals surface area contributed by atoms with Gasteiger partial charge in [-0.2, -0.15) is 0 Å². The highest BCUT2D eigenvalue weighted by Crippen LogP contribution is 2.34. The van der Waals surface area contributed by atoms with Crippen molar-refractivity contribution in [1.82, 2.24) is 0 Å². The first kappa shape index (κ1) is 12.2. The monoisotopic (exact) mass is 363 g/mol. The predicted octanol–water partition coefficient (Wildman–Crippen LogP) is 4.46. The largest absolute Gasteiger partial charge is 0.319 e. The molecule has 0 aliphatic rings. The van der Waals surface area contributed by atoms with Gasteiger partial charge in [-0.15, -0.1) is 11.3 Å². The Morgan fingerprint density at radius 2 is 1.94 bits per heavy atom. The van der Waals surface area contributed by atoms with E-state index < -0.39 is 6.04 Å². The molecule has 0 amide bonds. The Morgan fingerprint density at radius 1 is 1.19 bits per heavy atom. The zero-order valence-electron chi connectivity index (χ0n) is 8.08. The number of hydrogen-bond donors (Lipinski definition) is 1. The average Bonchev–Trinajstić information content (AvgIpc) is 2.64. The number of benzene rings is 1. The molecular formula is C11H8Br2FNS. The topological polar surface area (TPSA) is 26.0 Å². The van der Waals surface area contributed by atoms with Gasteiger partial charge in [0.2, 0.25) is 0 Å². The third-order valence-electron chi connectivity index (χ3n) is 2.21. The fourth-order valence-corrected chi connectivity index (χ4v) is 3.47. The molecular weight excluding hydrogens is 357 g/mol. The fourth-order valence-electron chi connectivity index (χ4n) is 1.45. The summed E-state index contributed by atoms with van der Waals surface area (Å²) in [4.78, 5) is 0.928. The zero-order valence-corrected chi connectivity index (χ0v) is 12.1. The molecule has 1 aromatic heterocycles. The van der Waals surface area contributed by atoms with Crippen molar-refractivity contribution in [2.24, 2.45) is 5.73 Å². The van der Waals surface area contributed by atoms with E-state index >= 15 is 0 Å². The van der Waals surface area contributed by atoms with E-state index in [1.807, 2.05) is 12.1 Å². The quantitative estimate of drug-likeness (QED) is 0.836. The van der Waals surface area contributed by atoms with Crippen LogP contribution in [0.25, 0.3) is 0 Å². The molecule has 1 nitrogen and oxygen atoms in total. The molecule has 5 heteroatoms. The van der Waals surface area contributed by atoms with Gasteiger partial charge in [0.25, 0.3) is 0 Å². The van der Waals surface area contributed by atoms with E-state index in [0.717, 1.165) is 8.66 Å². The first-order valence-electron chi connectivity index (χ1n) is 4.54. The van der Waals surface area contributed by atoms with Crippen LogP contribution in [-0.2, 0) is 0 Å². The van der Waals surface area contributed by atoms with Crippen LogP contribution in [0.15, 0.2) is 38.6 Å². The minimum absolute atomic E-state index is 0.286. The molecule has 2 rings (SSSR count). The second-order valence-electron chi connectivity index (χ2n) is 3.25. The fraction of sp³-hybridized carbons (Fsp3) is 0.0909. The van der Waals surface area contributed by atoms with Gasteiger partial charge in [-0.25, -0.2) is 4.39 Å². The summed E-state index contributed by atoms with van der Waals surface area (Å²) in [5.41, 5.74) is 6.55. The lowest BCUT2D eigenvalue weighted by atomic mass is 10.1. The molecule has 0 aliphatic carbocycles. The van der Waals surface area contributed by atoms with Gasteiger partial charge in [0.15, 0.2) is 0 Å². The Kier molecular flexibility index (Phi) is 3.79. The van der Waals surface area contributed by atoms with Crippen molar-refractivity contribution in [2.75, 3.05) is 0 Å². The lowest BCUT2D eigenvalue weighted by Crippen LogP contribution is -2.12. The molecule has 84 valence electrons. The number of hydrogen-bond acceptors (Lipinski definition) is 2. The van der Waals surface area contributed by atoms with Crippen molar-refractivity contribution >= 4 is 43.2 Å². The molecule has 1 unspecified atom stereocenters. The third kappa shape index (κ3) is 2.37. The highest BCUT2D eigenvalue weighted by atomic mass is 79.9. The summed E-state index contributed by atoms with van der Waals surface area (Å²) in [6.45, 7) is 0. The van der Waals surface area contributed by atoms with Gasteiger partial charge in [-0.3, -0.25) is 0 Å². The number of nitrogens with two attached hydrogens (primary N) is 1. The van der Waals surface area contributed by atoms with Crippen molar-refractivity contribution in [3.05, 3.63) is 54.8 Å². The van der Waals surface area contributed by atoms with E-state index in [9.17, 15) is 4.39 Å². The van der Waals surface area contributed by atoms with Gasteiger partial charge in [0.05, 0.1) is 9.83 Å². The molecule has 0 saturated heterocycles. The highest BCUT2D eigenvalue weighted by Gasteiger charge is 2.18. The molecule has 0 saturated carbocycles. The Hall–Kier alpha value is -0.230. The van der Waals surface area contributed by atoms with Crippen LogP contribution >= 0.6 is 43.2 Å². The smallest absolute Gasteiger partial charge is 0.129 e. The first-order chi connectivity index (χ1) is 7.59. The van der Waals surface area contributed by atoms with Crippen molar-refractivity contribution in [3.63, 3.8) is 0 Å². The van der Waals surface area contributed by atoms with Gasteiger partial charge in [-0.05, 0) is 40.2 Å². The lowest BCUT2D eigenvalue weighted by Gasteiger charge is -2.12. The minimum Gasteiger partial charge on any atom is -0.319 e. The Morgan fingerprint density at radius 3 is 2.50 bits per heavy atom. The summed E-state index contributed by atoms with van der Waals surface area (Å²) >= 11 is 8.20. The van der Waals surface area contributed by atoms with E-state index in [1.165, 1.54) is 17.4 Å². The maximum absolute atomic E-state index is 13.7. The first-order valence-corrected chi connectivity index (χ1v) is 6.94. The SMILES string of the molecule is NC(c1ccc(Br)s1)c1c(F)cccc1Br. The maximum Gasteiger partial charge on any atom is 0.129 e. The summed E-state index contributed by atoms with van der Waals surface area (Å²) in [5, 5.41) is 0. The molecule has 0 aliphatic heterocycles. The van der Waals surface area contributed by atoms with Gasteiger partial charge >= 0.3 is 0 Å². The van der Waals surface area contributed by atoms with Gasteiger partial charge in [0.1, 0.15) is 5.82 Å². The van der Waals surface area contributed by atoms with Crippen LogP contribution in [0.3, 0.4) is 0 Å². The Balaban J connectivity index is 2.45. The van der Waals surface area contributed by atoms with Crippen molar-refractivity contribution < 1.29 is 4.39 Å². The predicted molar refractivity (Wildman–Crippen MR) is 72.1 cm³/mol. The van der Waals surface area contributed by atoms with Gasteiger partial charge in [0, 0.05) is 14.9 Å². The van der Waals surface area contributed by atoms with E-state index in [4.69, 9.17) is 5.73 Å². The minimum atomic E-state index is -0.438. The Labute approximate surface area is 114 Å². The van der Waals surface area contributed by atoms with Crippen molar-refractivity contribution in [2.45, 2.75) is 6.04 Å². The van der Waals surface area contributed by atoms with Crippen LogP contribution in [0.1, 0.15) is 16.5 Å². The lowest BCUT2D eigenvalue weighted by molar-refractivity contribution is 0.599. The second kappa shape index (κ2) is 4.96. The highest BCUT2D eigenvalue weighted by molar-refractivity contribution is 9.11. The van der Waals surface area contributed by atoms with Crippen LogP contribution in [0.2, 0.25) is 0 Å². The number of thiophene rings is 1. The summed E-state index contributed by atoms with van der Waals surface area (Å²) in [6.07, 6.45) is 0. The molecule has 2 aromatic rings. The molecule has 0 fully saturated rings. The van der Waals surface area contributed by atoms with Crippen LogP contribution in [0, 0.1) is 5.82 Å². The van der Waals surface area contributed by atoms with Crippen molar-refractivity contribution in [1.29, 1.82) is 0 Å². The van der Waals surface area contributed by atoms with Crippen LogP contribution in [-0.4, -0.2) is 0 Å². The average molecular weight is 365 g/mol. The van der Waals surface area contributed by atoms with E-state index in [-0.39, 0.29) is 5.82 Å². The number of rotatable bonds is 2. The van der Waals surface area contributed by atoms with Crippen LogP contribution < -0.4 is 5.73 Å². The van der Waals surface area contributed by atoms with Crippen LogP contribution in [0.5, 0.6) is 0 Å². The molecule has 0 bridgehead atoms. The van der Waals surface area contributed by atoms with E-state index in [0.29, 0.717) is 10.0 Å². The third-order valence-corrected chi connectivity index (χ3v) is 4.61. The van der Waals surface area contributed by atoms with E-state index in [2.05, 4.69) is 31.9 Å². The molecule has 0 radical (unpaired) electrons. The van der Waals surface area contributed by atoms with E-state index in [1.54, 1.807) is 12.1 Å². The Bertz CT molecular complexity index is 492. The molecule has 1 heterocycles. The summed E-state index contributed by atoms with van der Waals surface area (Å²) in [5.74, 6) is -0.286. The summed E-state index contributed by atoms with van der Waals surface area (Å²) in [7, 11) is 0. The molecule has 0 spiro atoms. The summed E-state index contributed by atoms with van der Waals surface area (Å²) < 4.78 is 15.4. The normalized spacial score (nSPS) is 12.8. The number of halogens is 3. The maximum atomic E-state index is 13.7. The zero-order chi connectivity index (χ0) is 11.7. The summed E-state index contributed by atoms with van der Waals surface area (Å²) in [6, 6.07) is 8.24. The molecule has 2 N–H and O–H groups in total. The standard InChI is InChI=1S/C11H8Br2FNS/c12-6-2-1-3-7(14)10(6)11(15)8-4-5-9(13)16-8/h1-5,11H,15H2. The second-order valence-corrected chi connectivity index (χ2v) is 6.60. The van der Waals surface area contributed by atoms with Gasteiger partial charge < -0.3 is 5.73 Å². The van der Waals surface area contributed by atoms with Crippen molar-refractivity contribution in [3.8, 4) is 0 Å². The molecule has 16 heavy (non-hydrogen) atoms.